The van der Waals surface area contributed by atoms with Crippen LogP contribution < -0.4 is 4.74 Å². The highest BCUT2D eigenvalue weighted by molar-refractivity contribution is 5.81. The summed E-state index contributed by atoms with van der Waals surface area (Å²) >= 11 is 0. The van der Waals surface area contributed by atoms with E-state index in [2.05, 4.69) is 71.7 Å². The van der Waals surface area contributed by atoms with Gasteiger partial charge in [0.15, 0.2) is 0 Å². The summed E-state index contributed by atoms with van der Waals surface area (Å²) in [6, 6.07) is 26.1. The number of methoxy groups -OCH3 is 1. The van der Waals surface area contributed by atoms with Gasteiger partial charge in [0.05, 0.1) is 13.7 Å². The summed E-state index contributed by atoms with van der Waals surface area (Å²) in [5.41, 5.74) is 7.41. The number of H-pyrrole nitrogens is 1. The molecule has 2 N–H and O–H groups in total. The van der Waals surface area contributed by atoms with Crippen molar-refractivity contribution in [3.63, 3.8) is 0 Å². The number of ether oxygens (including phenoxy) is 1. The van der Waals surface area contributed by atoms with E-state index in [9.17, 15) is 5.11 Å². The Morgan fingerprint density at radius 2 is 1.83 bits per heavy atom. The molecule has 3 heteroatoms. The van der Waals surface area contributed by atoms with E-state index in [1.165, 1.54) is 22.3 Å². The van der Waals surface area contributed by atoms with Crippen LogP contribution in [-0.2, 0) is 13.0 Å². The minimum Gasteiger partial charge on any atom is -0.497 e. The molecule has 0 saturated heterocycles. The zero-order chi connectivity index (χ0) is 19.8. The Morgan fingerprint density at radius 1 is 0.966 bits per heavy atom. The van der Waals surface area contributed by atoms with Gasteiger partial charge in [0.1, 0.15) is 5.75 Å². The first-order valence-electron chi connectivity index (χ1n) is 10.2. The van der Waals surface area contributed by atoms with Gasteiger partial charge in [0.2, 0.25) is 0 Å². The standard InChI is InChI=1S/C26H25NO2/c1-29-22-9-11-24-18(15-22)7-10-23(17-5-3-2-4-6-17)26(24)19-8-12-25-20(13-19)14-21(16-28)27-25/h2-6,8-9,11-15,23,26-28H,7,10,16H2,1H3. The van der Waals surface area contributed by atoms with Crippen LogP contribution in [0.15, 0.2) is 72.8 Å². The highest BCUT2D eigenvalue weighted by atomic mass is 16.5. The van der Waals surface area contributed by atoms with E-state index >= 15 is 0 Å². The smallest absolute Gasteiger partial charge is 0.119 e. The van der Waals surface area contributed by atoms with Crippen LogP contribution in [0.5, 0.6) is 5.75 Å². The van der Waals surface area contributed by atoms with E-state index in [1.54, 1.807) is 7.11 Å². The Kier molecular flexibility index (Phi) is 4.61. The van der Waals surface area contributed by atoms with E-state index in [4.69, 9.17) is 4.74 Å². The van der Waals surface area contributed by atoms with Gasteiger partial charge in [-0.05, 0) is 71.3 Å². The first-order chi connectivity index (χ1) is 14.3. The van der Waals surface area contributed by atoms with E-state index in [0.717, 1.165) is 35.2 Å². The molecule has 2 unspecified atom stereocenters. The summed E-state index contributed by atoms with van der Waals surface area (Å²) in [5.74, 6) is 1.66. The van der Waals surface area contributed by atoms with Crippen LogP contribution in [0.1, 0.15) is 46.2 Å². The number of benzene rings is 3. The Bertz CT molecular complexity index is 1150. The van der Waals surface area contributed by atoms with Crippen LogP contribution in [0.2, 0.25) is 0 Å². The molecule has 4 aromatic rings. The van der Waals surface area contributed by atoms with Crippen molar-refractivity contribution in [1.82, 2.24) is 4.98 Å². The van der Waals surface area contributed by atoms with Gasteiger partial charge in [-0.25, -0.2) is 0 Å². The molecular weight excluding hydrogens is 358 g/mol. The number of rotatable bonds is 4. The topological polar surface area (TPSA) is 45.2 Å². The van der Waals surface area contributed by atoms with Gasteiger partial charge >= 0.3 is 0 Å². The Morgan fingerprint density at radius 3 is 2.62 bits per heavy atom. The lowest BCUT2D eigenvalue weighted by atomic mass is 9.69. The monoisotopic (exact) mass is 383 g/mol. The van der Waals surface area contributed by atoms with Crippen LogP contribution in [0.3, 0.4) is 0 Å². The fourth-order valence-corrected chi connectivity index (χ4v) is 4.88. The number of aliphatic hydroxyl groups is 1. The molecule has 0 amide bonds. The van der Waals surface area contributed by atoms with Crippen molar-refractivity contribution in [3.8, 4) is 5.75 Å². The normalized spacial score (nSPS) is 18.6. The van der Waals surface area contributed by atoms with Gasteiger partial charge in [0.25, 0.3) is 0 Å². The Labute approximate surface area is 171 Å². The summed E-state index contributed by atoms with van der Waals surface area (Å²) in [5, 5.41) is 10.6. The summed E-state index contributed by atoms with van der Waals surface area (Å²) in [6.07, 6.45) is 2.17. The fraction of sp³-hybridized carbons (Fsp3) is 0.231. The molecule has 5 rings (SSSR count). The first kappa shape index (κ1) is 18.0. The number of hydrogen-bond donors (Lipinski definition) is 2. The molecule has 0 saturated carbocycles. The maximum absolute atomic E-state index is 9.48. The predicted molar refractivity (Wildman–Crippen MR) is 117 cm³/mol. The fourth-order valence-electron chi connectivity index (χ4n) is 4.88. The largest absolute Gasteiger partial charge is 0.497 e. The van der Waals surface area contributed by atoms with E-state index in [0.29, 0.717) is 11.8 Å². The molecule has 0 aliphatic heterocycles. The van der Waals surface area contributed by atoms with Crippen molar-refractivity contribution in [2.45, 2.75) is 31.3 Å². The molecule has 0 spiro atoms. The third-order valence-corrected chi connectivity index (χ3v) is 6.27. The lowest BCUT2D eigenvalue weighted by Crippen LogP contribution is -2.20. The van der Waals surface area contributed by atoms with Crippen LogP contribution in [0.25, 0.3) is 10.9 Å². The van der Waals surface area contributed by atoms with Crippen LogP contribution in [-0.4, -0.2) is 17.2 Å². The van der Waals surface area contributed by atoms with Crippen molar-refractivity contribution in [2.24, 2.45) is 0 Å². The molecule has 1 heterocycles. The number of hydrogen-bond acceptors (Lipinski definition) is 2. The average molecular weight is 383 g/mol. The molecule has 0 bridgehead atoms. The second kappa shape index (κ2) is 7.41. The van der Waals surface area contributed by atoms with Crippen LogP contribution >= 0.6 is 0 Å². The van der Waals surface area contributed by atoms with Crippen molar-refractivity contribution in [1.29, 1.82) is 0 Å². The summed E-state index contributed by atoms with van der Waals surface area (Å²) < 4.78 is 5.48. The lowest BCUT2D eigenvalue weighted by molar-refractivity contribution is 0.278. The molecule has 0 fully saturated rings. The van der Waals surface area contributed by atoms with Crippen molar-refractivity contribution in [2.75, 3.05) is 7.11 Å². The van der Waals surface area contributed by atoms with Gasteiger partial charge in [-0.3, -0.25) is 0 Å². The molecule has 3 aromatic carbocycles. The number of aromatic nitrogens is 1. The maximum atomic E-state index is 9.48. The van der Waals surface area contributed by atoms with Gasteiger partial charge in [-0.15, -0.1) is 0 Å². The molecule has 1 aliphatic rings. The molecular formula is C26H25NO2. The molecule has 29 heavy (non-hydrogen) atoms. The molecule has 0 radical (unpaired) electrons. The summed E-state index contributed by atoms with van der Waals surface area (Å²) in [7, 11) is 1.73. The van der Waals surface area contributed by atoms with Gasteiger partial charge < -0.3 is 14.8 Å². The minimum absolute atomic E-state index is 0.0305. The zero-order valence-corrected chi connectivity index (χ0v) is 16.6. The van der Waals surface area contributed by atoms with Crippen molar-refractivity contribution >= 4 is 10.9 Å². The van der Waals surface area contributed by atoms with Gasteiger partial charge in [0, 0.05) is 22.5 Å². The first-order valence-corrected chi connectivity index (χ1v) is 10.2. The number of aryl methyl sites for hydroxylation is 1. The SMILES string of the molecule is COc1ccc2c(c1)CCC(c1ccccc1)C2c1ccc2[nH]c(CO)cc2c1. The molecule has 146 valence electrons. The highest BCUT2D eigenvalue weighted by Crippen LogP contribution is 2.47. The zero-order valence-electron chi connectivity index (χ0n) is 16.6. The Balaban J connectivity index is 1.66. The summed E-state index contributed by atoms with van der Waals surface area (Å²) in [4.78, 5) is 3.29. The Hall–Kier alpha value is -3.04. The third-order valence-electron chi connectivity index (χ3n) is 6.27. The van der Waals surface area contributed by atoms with Crippen molar-refractivity contribution in [3.05, 3.63) is 101 Å². The van der Waals surface area contributed by atoms with Crippen LogP contribution in [0, 0.1) is 0 Å². The second-order valence-corrected chi connectivity index (χ2v) is 7.90. The lowest BCUT2D eigenvalue weighted by Gasteiger charge is -2.35. The van der Waals surface area contributed by atoms with Crippen LogP contribution in [0.4, 0.5) is 0 Å². The van der Waals surface area contributed by atoms with Gasteiger partial charge in [-0.2, -0.15) is 0 Å². The number of aliphatic hydroxyl groups excluding tert-OH is 1. The summed E-state index contributed by atoms with van der Waals surface area (Å²) in [6.45, 7) is 0.0305. The number of aromatic amines is 1. The van der Waals surface area contributed by atoms with Gasteiger partial charge in [-0.1, -0.05) is 42.5 Å². The average Bonchev–Trinajstić information content (AvgIpc) is 3.21. The third kappa shape index (κ3) is 3.22. The minimum atomic E-state index is 0.0305. The molecule has 2 atom stereocenters. The van der Waals surface area contributed by atoms with E-state index in [-0.39, 0.29) is 6.61 Å². The van der Waals surface area contributed by atoms with E-state index < -0.39 is 0 Å². The maximum Gasteiger partial charge on any atom is 0.119 e. The molecule has 3 nitrogen and oxygen atoms in total. The highest BCUT2D eigenvalue weighted by Gasteiger charge is 2.32. The number of fused-ring (bicyclic) bond motifs is 2. The van der Waals surface area contributed by atoms with Crippen molar-refractivity contribution < 1.29 is 9.84 Å². The van der Waals surface area contributed by atoms with E-state index in [1.807, 2.05) is 6.07 Å². The molecule has 1 aliphatic carbocycles. The predicted octanol–water partition coefficient (Wildman–Crippen LogP) is 5.53. The molecule has 1 aromatic heterocycles. The second-order valence-electron chi connectivity index (χ2n) is 7.90. The number of nitrogens with one attached hydrogen (secondary N) is 1. The quantitative estimate of drug-likeness (QED) is 0.487.